The second-order valence-corrected chi connectivity index (χ2v) is 1.29. The maximum Gasteiger partial charge on any atom is 0.100 e. The van der Waals surface area contributed by atoms with E-state index in [4.69, 9.17) is 5.26 Å². The molecule has 46 valence electrons. The van der Waals surface area contributed by atoms with E-state index in [0.29, 0.717) is 0 Å². The summed E-state index contributed by atoms with van der Waals surface area (Å²) in [5, 5.41) is 7.79. The van der Waals surface area contributed by atoms with Crippen LogP contribution in [0.1, 0.15) is 6.42 Å². The molecule has 0 aromatic carbocycles. The number of rotatable bonds is 4. The molecule has 0 unspecified atom stereocenters. The Kier molecular flexibility index (Phi) is 5.92. The Labute approximate surface area is 49.0 Å². The summed E-state index contributed by atoms with van der Waals surface area (Å²) >= 11 is 0. The van der Waals surface area contributed by atoms with E-state index < -0.39 is 0 Å². The van der Waals surface area contributed by atoms with Crippen LogP contribution in [0.25, 0.3) is 0 Å². The summed E-state index contributed by atoms with van der Waals surface area (Å²) in [6, 6.07) is 0. The molecule has 0 radical (unpaired) electrons. The van der Waals surface area contributed by atoms with Gasteiger partial charge in [-0.2, -0.15) is 0 Å². The van der Waals surface area contributed by atoms with E-state index in [1.165, 1.54) is 0 Å². The Morgan fingerprint density at radius 2 is 2.25 bits per heavy atom. The number of allylic oxidation sites excluding steroid dienone is 2. The average molecular weight is 114 g/mol. The van der Waals surface area contributed by atoms with Gasteiger partial charge in [0.25, 0.3) is 0 Å². The SMILES string of the molecule is C=CC/C=C/COO. The van der Waals surface area contributed by atoms with Crippen molar-refractivity contribution >= 4 is 0 Å². The number of hydrogen-bond donors (Lipinski definition) is 1. The molecule has 0 fully saturated rings. The molecule has 0 amide bonds. The molecule has 0 aromatic rings. The predicted octanol–water partition coefficient (Wildman–Crippen LogP) is 1.61. The summed E-state index contributed by atoms with van der Waals surface area (Å²) in [5.74, 6) is 0. The maximum absolute atomic E-state index is 7.79. The van der Waals surface area contributed by atoms with Crippen LogP contribution in [0.2, 0.25) is 0 Å². The van der Waals surface area contributed by atoms with Crippen molar-refractivity contribution < 1.29 is 10.1 Å². The van der Waals surface area contributed by atoms with E-state index in [1.807, 2.05) is 6.08 Å². The fraction of sp³-hybridized carbons (Fsp3) is 0.333. The first kappa shape index (κ1) is 7.40. The van der Waals surface area contributed by atoms with Crippen molar-refractivity contribution in [2.75, 3.05) is 6.61 Å². The summed E-state index contributed by atoms with van der Waals surface area (Å²) in [7, 11) is 0. The van der Waals surface area contributed by atoms with Gasteiger partial charge in [0, 0.05) is 0 Å². The molecule has 0 aliphatic rings. The van der Waals surface area contributed by atoms with Crippen molar-refractivity contribution in [2.24, 2.45) is 0 Å². The zero-order chi connectivity index (χ0) is 6.24. The minimum absolute atomic E-state index is 0.258. The van der Waals surface area contributed by atoms with Gasteiger partial charge in [-0.1, -0.05) is 18.2 Å². The Hall–Kier alpha value is -0.600. The van der Waals surface area contributed by atoms with Crippen LogP contribution >= 0.6 is 0 Å². The Bertz CT molecular complexity index is 76.6. The molecule has 0 atom stereocenters. The average Bonchev–Trinajstić information content (AvgIpc) is 1.81. The van der Waals surface area contributed by atoms with Crippen molar-refractivity contribution in [1.29, 1.82) is 0 Å². The van der Waals surface area contributed by atoms with Gasteiger partial charge in [-0.25, -0.2) is 4.89 Å². The molecule has 8 heavy (non-hydrogen) atoms. The minimum atomic E-state index is 0.258. The standard InChI is InChI=1S/C6H10O2/c1-2-3-4-5-6-8-7/h2,4-5,7H,1,3,6H2/b5-4+. The molecule has 2 nitrogen and oxygen atoms in total. The molecular weight excluding hydrogens is 104 g/mol. The third-order valence-electron chi connectivity index (χ3n) is 0.640. The van der Waals surface area contributed by atoms with Crippen LogP contribution in [0.4, 0.5) is 0 Å². The van der Waals surface area contributed by atoms with Gasteiger partial charge >= 0.3 is 0 Å². The second kappa shape index (κ2) is 6.40. The van der Waals surface area contributed by atoms with Crippen LogP contribution in [0, 0.1) is 0 Å². The molecular formula is C6H10O2. The minimum Gasteiger partial charge on any atom is -0.252 e. The molecule has 0 aromatic heterocycles. The van der Waals surface area contributed by atoms with Gasteiger partial charge < -0.3 is 0 Å². The van der Waals surface area contributed by atoms with Crippen molar-refractivity contribution in [3.05, 3.63) is 24.8 Å². The molecule has 0 heterocycles. The quantitative estimate of drug-likeness (QED) is 0.342. The first-order chi connectivity index (χ1) is 3.91. The monoisotopic (exact) mass is 114 g/mol. The van der Waals surface area contributed by atoms with Gasteiger partial charge in [-0.15, -0.1) is 6.58 Å². The molecule has 0 saturated carbocycles. The van der Waals surface area contributed by atoms with Crippen LogP contribution < -0.4 is 0 Å². The molecule has 0 aliphatic heterocycles. The summed E-state index contributed by atoms with van der Waals surface area (Å²) < 4.78 is 0. The molecule has 0 saturated heterocycles. The van der Waals surface area contributed by atoms with Gasteiger partial charge in [-0.05, 0) is 6.42 Å². The first-order valence-electron chi connectivity index (χ1n) is 2.44. The van der Waals surface area contributed by atoms with Crippen LogP contribution in [-0.2, 0) is 4.89 Å². The van der Waals surface area contributed by atoms with Gasteiger partial charge in [0.05, 0.1) is 0 Å². The highest BCUT2D eigenvalue weighted by molar-refractivity contribution is 4.87. The van der Waals surface area contributed by atoms with Gasteiger partial charge in [0.15, 0.2) is 0 Å². The summed E-state index contributed by atoms with van der Waals surface area (Å²) in [6.45, 7) is 3.76. The van der Waals surface area contributed by atoms with E-state index in [0.717, 1.165) is 6.42 Å². The van der Waals surface area contributed by atoms with Crippen LogP contribution in [0.3, 0.4) is 0 Å². The van der Waals surface area contributed by atoms with Gasteiger partial charge in [-0.3, -0.25) is 5.26 Å². The lowest BCUT2D eigenvalue weighted by Crippen LogP contribution is -1.79. The predicted molar refractivity (Wildman–Crippen MR) is 32.5 cm³/mol. The normalized spacial score (nSPS) is 10.1. The first-order valence-corrected chi connectivity index (χ1v) is 2.44. The van der Waals surface area contributed by atoms with Crippen molar-refractivity contribution in [3.63, 3.8) is 0 Å². The smallest absolute Gasteiger partial charge is 0.100 e. The highest BCUT2D eigenvalue weighted by Crippen LogP contribution is 1.81. The van der Waals surface area contributed by atoms with E-state index >= 15 is 0 Å². The highest BCUT2D eigenvalue weighted by atomic mass is 17.1. The van der Waals surface area contributed by atoms with Gasteiger partial charge in [0.1, 0.15) is 6.61 Å². The Morgan fingerprint density at radius 3 is 2.75 bits per heavy atom. The van der Waals surface area contributed by atoms with Crippen molar-refractivity contribution in [3.8, 4) is 0 Å². The lowest BCUT2D eigenvalue weighted by Gasteiger charge is -1.82. The summed E-state index contributed by atoms with van der Waals surface area (Å²) in [5.41, 5.74) is 0. The van der Waals surface area contributed by atoms with Crippen LogP contribution in [-0.4, -0.2) is 11.9 Å². The zero-order valence-corrected chi connectivity index (χ0v) is 4.71. The summed E-state index contributed by atoms with van der Waals surface area (Å²) in [6.07, 6.45) is 6.18. The van der Waals surface area contributed by atoms with Gasteiger partial charge in [0.2, 0.25) is 0 Å². The topological polar surface area (TPSA) is 29.5 Å². The molecule has 2 heteroatoms. The fourth-order valence-electron chi connectivity index (χ4n) is 0.304. The molecule has 0 spiro atoms. The van der Waals surface area contributed by atoms with Crippen molar-refractivity contribution in [1.82, 2.24) is 0 Å². The third-order valence-corrected chi connectivity index (χ3v) is 0.640. The largest absolute Gasteiger partial charge is 0.252 e. The number of hydrogen-bond acceptors (Lipinski definition) is 2. The fourth-order valence-corrected chi connectivity index (χ4v) is 0.304. The molecule has 1 N–H and O–H groups in total. The highest BCUT2D eigenvalue weighted by Gasteiger charge is 1.69. The summed E-state index contributed by atoms with van der Waals surface area (Å²) in [4.78, 5) is 3.77. The molecule has 0 aliphatic carbocycles. The molecule has 0 bridgehead atoms. The second-order valence-electron chi connectivity index (χ2n) is 1.29. The lowest BCUT2D eigenvalue weighted by molar-refractivity contribution is -0.231. The Morgan fingerprint density at radius 1 is 1.50 bits per heavy atom. The van der Waals surface area contributed by atoms with E-state index in [9.17, 15) is 0 Å². The van der Waals surface area contributed by atoms with Crippen LogP contribution in [0.15, 0.2) is 24.8 Å². The van der Waals surface area contributed by atoms with Crippen LogP contribution in [0.5, 0.6) is 0 Å². The third kappa shape index (κ3) is 5.40. The lowest BCUT2D eigenvalue weighted by atomic mass is 10.4. The van der Waals surface area contributed by atoms with E-state index in [2.05, 4.69) is 11.5 Å². The maximum atomic E-state index is 7.79. The Balaban J connectivity index is 2.94. The van der Waals surface area contributed by atoms with E-state index in [-0.39, 0.29) is 6.61 Å². The van der Waals surface area contributed by atoms with E-state index in [1.54, 1.807) is 12.2 Å². The van der Waals surface area contributed by atoms with Crippen molar-refractivity contribution in [2.45, 2.75) is 6.42 Å². The molecule has 0 rings (SSSR count). The zero-order valence-electron chi connectivity index (χ0n) is 4.71.